The molecule has 56 valence electrons. The standard InChI is InChI=1S/C5H8BFO3/c6-5-3(7)4(9)2(1-8)10-5/h2-5,8-9H,1H2. The van der Waals surface area contributed by atoms with E-state index in [0.29, 0.717) is 0 Å². The van der Waals surface area contributed by atoms with Crippen molar-refractivity contribution in [1.82, 2.24) is 0 Å². The Labute approximate surface area is 59.2 Å². The van der Waals surface area contributed by atoms with Crippen LogP contribution in [0.1, 0.15) is 0 Å². The van der Waals surface area contributed by atoms with Crippen molar-refractivity contribution in [2.24, 2.45) is 0 Å². The number of aliphatic hydroxyl groups excluding tert-OH is 2. The lowest BCUT2D eigenvalue weighted by Crippen LogP contribution is -2.30. The lowest BCUT2D eigenvalue weighted by atomic mass is 9.94. The summed E-state index contributed by atoms with van der Waals surface area (Å²) in [4.78, 5) is 0. The van der Waals surface area contributed by atoms with Crippen LogP contribution in [0.15, 0.2) is 0 Å². The van der Waals surface area contributed by atoms with Crippen molar-refractivity contribution in [2.45, 2.75) is 24.4 Å². The maximum atomic E-state index is 12.5. The molecule has 10 heavy (non-hydrogen) atoms. The minimum absolute atomic E-state index is 0.407. The van der Waals surface area contributed by atoms with Crippen molar-refractivity contribution >= 4 is 7.85 Å². The van der Waals surface area contributed by atoms with Gasteiger partial charge in [0.15, 0.2) is 0 Å². The molecular formula is C5H8BFO3. The molecule has 0 bridgehead atoms. The fourth-order valence-corrected chi connectivity index (χ4v) is 0.908. The Morgan fingerprint density at radius 3 is 2.40 bits per heavy atom. The van der Waals surface area contributed by atoms with Crippen LogP contribution in [0.2, 0.25) is 0 Å². The monoisotopic (exact) mass is 146 g/mol. The van der Waals surface area contributed by atoms with Crippen molar-refractivity contribution in [3.05, 3.63) is 0 Å². The average molecular weight is 146 g/mol. The number of ether oxygens (including phenoxy) is 1. The first-order valence-corrected chi connectivity index (χ1v) is 3.01. The minimum Gasteiger partial charge on any atom is -0.394 e. The first kappa shape index (κ1) is 7.98. The Bertz CT molecular complexity index is 123. The van der Waals surface area contributed by atoms with Crippen LogP contribution in [0.25, 0.3) is 0 Å². The third-order valence-electron chi connectivity index (χ3n) is 1.53. The van der Waals surface area contributed by atoms with Gasteiger partial charge in [0.05, 0.1) is 12.6 Å². The van der Waals surface area contributed by atoms with E-state index < -0.39 is 31.0 Å². The largest absolute Gasteiger partial charge is 0.394 e. The zero-order chi connectivity index (χ0) is 7.72. The Kier molecular flexibility index (Phi) is 2.28. The highest BCUT2D eigenvalue weighted by atomic mass is 19.1. The van der Waals surface area contributed by atoms with Crippen LogP contribution in [-0.4, -0.2) is 49.0 Å². The molecule has 1 heterocycles. The number of aliphatic hydroxyl groups is 2. The Balaban J connectivity index is 2.53. The summed E-state index contributed by atoms with van der Waals surface area (Å²) in [5, 5.41) is 17.4. The van der Waals surface area contributed by atoms with E-state index in [0.717, 1.165) is 0 Å². The summed E-state index contributed by atoms with van der Waals surface area (Å²) in [7, 11) is 5.07. The molecular weight excluding hydrogens is 138 g/mol. The molecule has 0 aliphatic carbocycles. The van der Waals surface area contributed by atoms with Crippen LogP contribution in [0.5, 0.6) is 0 Å². The smallest absolute Gasteiger partial charge is 0.146 e. The Hall–Kier alpha value is -0.125. The summed E-state index contributed by atoms with van der Waals surface area (Å²) in [6.45, 7) is -0.407. The van der Waals surface area contributed by atoms with Gasteiger partial charge in [-0.3, -0.25) is 0 Å². The second-order valence-corrected chi connectivity index (χ2v) is 2.26. The number of hydrogen-bond donors (Lipinski definition) is 2. The SMILES string of the molecule is [B]C1OC(CO)C(O)C1F. The average Bonchev–Trinajstić information content (AvgIpc) is 2.17. The van der Waals surface area contributed by atoms with E-state index in [1.165, 1.54) is 0 Å². The van der Waals surface area contributed by atoms with Crippen molar-refractivity contribution in [3.8, 4) is 0 Å². The summed E-state index contributed by atoms with van der Waals surface area (Å²) in [5.41, 5.74) is 0. The second-order valence-electron chi connectivity index (χ2n) is 2.26. The van der Waals surface area contributed by atoms with E-state index in [-0.39, 0.29) is 0 Å². The summed E-state index contributed by atoms with van der Waals surface area (Å²) < 4.78 is 17.2. The molecule has 3 nitrogen and oxygen atoms in total. The van der Waals surface area contributed by atoms with E-state index in [4.69, 9.17) is 18.1 Å². The molecule has 1 rings (SSSR count). The molecule has 0 aromatic heterocycles. The maximum Gasteiger partial charge on any atom is 0.146 e. The van der Waals surface area contributed by atoms with Crippen molar-refractivity contribution in [1.29, 1.82) is 0 Å². The molecule has 0 aromatic carbocycles. The predicted octanol–water partition coefficient (Wildman–Crippen LogP) is -1.43. The molecule has 4 unspecified atom stereocenters. The van der Waals surface area contributed by atoms with Crippen LogP contribution >= 0.6 is 0 Å². The first-order chi connectivity index (χ1) is 4.66. The number of rotatable bonds is 1. The molecule has 1 saturated heterocycles. The number of halogens is 1. The van der Waals surface area contributed by atoms with Gasteiger partial charge in [-0.25, -0.2) is 4.39 Å². The van der Waals surface area contributed by atoms with Gasteiger partial charge in [-0.2, -0.15) is 0 Å². The third-order valence-corrected chi connectivity index (χ3v) is 1.53. The van der Waals surface area contributed by atoms with Crippen molar-refractivity contribution < 1.29 is 19.3 Å². The molecule has 2 radical (unpaired) electrons. The fraction of sp³-hybridized carbons (Fsp3) is 1.00. The van der Waals surface area contributed by atoms with E-state index in [1.54, 1.807) is 0 Å². The van der Waals surface area contributed by atoms with Gasteiger partial charge in [0.2, 0.25) is 0 Å². The summed E-state index contributed by atoms with van der Waals surface area (Å²) in [6, 6.07) is -1.10. The van der Waals surface area contributed by atoms with E-state index in [9.17, 15) is 4.39 Å². The van der Waals surface area contributed by atoms with Crippen LogP contribution in [0.3, 0.4) is 0 Å². The fourth-order valence-electron chi connectivity index (χ4n) is 0.908. The molecule has 1 fully saturated rings. The quantitative estimate of drug-likeness (QED) is 0.446. The van der Waals surface area contributed by atoms with E-state index in [1.807, 2.05) is 0 Å². The minimum atomic E-state index is -1.59. The molecule has 0 amide bonds. The molecule has 1 aliphatic rings. The molecule has 1 aliphatic heterocycles. The van der Waals surface area contributed by atoms with Gasteiger partial charge in [-0.05, 0) is 0 Å². The zero-order valence-electron chi connectivity index (χ0n) is 5.27. The summed E-state index contributed by atoms with van der Waals surface area (Å²) in [5.74, 6) is 0. The lowest BCUT2D eigenvalue weighted by molar-refractivity contribution is -0.00566. The van der Waals surface area contributed by atoms with Crippen LogP contribution in [-0.2, 0) is 4.74 Å². The first-order valence-electron chi connectivity index (χ1n) is 3.01. The third kappa shape index (κ3) is 1.16. The zero-order valence-corrected chi connectivity index (χ0v) is 5.27. The molecule has 5 heteroatoms. The van der Waals surface area contributed by atoms with Gasteiger partial charge >= 0.3 is 0 Å². The highest BCUT2D eigenvalue weighted by Crippen LogP contribution is 2.21. The molecule has 0 saturated carbocycles. The number of alkyl halides is 1. The lowest BCUT2D eigenvalue weighted by Gasteiger charge is -2.09. The second kappa shape index (κ2) is 2.86. The van der Waals surface area contributed by atoms with E-state index >= 15 is 0 Å². The van der Waals surface area contributed by atoms with Gasteiger partial charge < -0.3 is 14.9 Å². The maximum absolute atomic E-state index is 12.5. The highest BCUT2D eigenvalue weighted by molar-refractivity contribution is 6.11. The summed E-state index contributed by atoms with van der Waals surface area (Å²) in [6.07, 6.45) is -3.75. The van der Waals surface area contributed by atoms with Crippen molar-refractivity contribution in [2.75, 3.05) is 6.61 Å². The summed E-state index contributed by atoms with van der Waals surface area (Å²) >= 11 is 0. The topological polar surface area (TPSA) is 49.7 Å². The van der Waals surface area contributed by atoms with Crippen molar-refractivity contribution in [3.63, 3.8) is 0 Å². The van der Waals surface area contributed by atoms with Crippen LogP contribution in [0, 0.1) is 0 Å². The van der Waals surface area contributed by atoms with Crippen LogP contribution < -0.4 is 0 Å². The normalized spacial score (nSPS) is 47.9. The Morgan fingerprint density at radius 1 is 1.60 bits per heavy atom. The van der Waals surface area contributed by atoms with Gasteiger partial charge in [0.1, 0.15) is 26.2 Å². The highest BCUT2D eigenvalue weighted by Gasteiger charge is 2.40. The predicted molar refractivity (Wildman–Crippen MR) is 32.4 cm³/mol. The molecule has 2 N–H and O–H groups in total. The van der Waals surface area contributed by atoms with Gasteiger partial charge in [0.25, 0.3) is 0 Å². The van der Waals surface area contributed by atoms with Crippen LogP contribution in [0.4, 0.5) is 4.39 Å². The van der Waals surface area contributed by atoms with Gasteiger partial charge in [-0.1, -0.05) is 0 Å². The molecule has 0 spiro atoms. The number of hydrogen-bond acceptors (Lipinski definition) is 3. The molecule has 0 aromatic rings. The van der Waals surface area contributed by atoms with E-state index in [2.05, 4.69) is 4.74 Å². The van der Waals surface area contributed by atoms with Gasteiger partial charge in [-0.15, -0.1) is 0 Å². The molecule has 4 atom stereocenters. The Morgan fingerprint density at radius 2 is 2.20 bits per heavy atom. The van der Waals surface area contributed by atoms with Gasteiger partial charge in [0, 0.05) is 0 Å².